The highest BCUT2D eigenvalue weighted by Gasteiger charge is 2.54. The Kier molecular flexibility index (Phi) is 8.78. The van der Waals surface area contributed by atoms with E-state index < -0.39 is 41.2 Å². The lowest BCUT2D eigenvalue weighted by molar-refractivity contribution is -0.135. The van der Waals surface area contributed by atoms with Crippen LogP contribution in [0.15, 0.2) is 9.59 Å². The predicted octanol–water partition coefficient (Wildman–Crippen LogP) is 2.82. The molecule has 0 aromatic carbocycles. The van der Waals surface area contributed by atoms with Crippen LogP contribution in [0.1, 0.15) is 86.5 Å². The Morgan fingerprint density at radius 1 is 1.16 bits per heavy atom. The molecule has 3 rings (SSSR count). The molecule has 0 bridgehead atoms. The lowest BCUT2D eigenvalue weighted by Gasteiger charge is -2.42. The first kappa shape index (κ1) is 29.4. The maximum Gasteiger partial charge on any atom is 0.330 e. The van der Waals surface area contributed by atoms with Crippen molar-refractivity contribution in [2.45, 2.75) is 98.6 Å². The van der Waals surface area contributed by atoms with E-state index in [0.717, 1.165) is 30.6 Å². The molecule has 11 nitrogen and oxygen atoms in total. The largest absolute Gasteiger partial charge is 0.383 e. The van der Waals surface area contributed by atoms with Crippen LogP contribution in [0.2, 0.25) is 0 Å². The number of unbranched alkanes of at least 4 members (excludes halogenated alkanes) is 1. The average Bonchev–Trinajstić information content (AvgIpc) is 3.06. The van der Waals surface area contributed by atoms with Crippen LogP contribution in [0.4, 0.5) is 16.3 Å². The molecule has 1 aliphatic heterocycles. The second kappa shape index (κ2) is 11.3. The number of H-pyrrole nitrogens is 1. The van der Waals surface area contributed by atoms with Gasteiger partial charge in [-0.15, -0.1) is 0 Å². The Bertz CT molecular complexity index is 1180. The average molecular weight is 533 g/mol. The molecule has 4 amide bonds. The van der Waals surface area contributed by atoms with E-state index in [-0.39, 0.29) is 29.4 Å². The SMILES string of the molecule is CCCCn1c(N)c(N(CC(C)C)C(=O)CN2C(=O)NC3(CCC(C(C)(C)CC)CC3)C2=O)c(=O)[nH]c1=O. The Labute approximate surface area is 224 Å². The number of nitrogens with one attached hydrogen (secondary N) is 2. The van der Waals surface area contributed by atoms with Gasteiger partial charge in [-0.25, -0.2) is 9.59 Å². The van der Waals surface area contributed by atoms with E-state index in [2.05, 4.69) is 31.1 Å². The van der Waals surface area contributed by atoms with Gasteiger partial charge in [-0.1, -0.05) is 54.4 Å². The molecule has 1 spiro atoms. The van der Waals surface area contributed by atoms with E-state index >= 15 is 0 Å². The van der Waals surface area contributed by atoms with E-state index in [0.29, 0.717) is 31.7 Å². The zero-order chi connectivity index (χ0) is 28.4. The first-order chi connectivity index (χ1) is 17.8. The van der Waals surface area contributed by atoms with Gasteiger partial charge in [-0.2, -0.15) is 0 Å². The fraction of sp³-hybridized carbons (Fsp3) is 0.741. The summed E-state index contributed by atoms with van der Waals surface area (Å²) in [7, 11) is 0. The molecule has 212 valence electrons. The quantitative estimate of drug-likeness (QED) is 0.394. The summed E-state index contributed by atoms with van der Waals surface area (Å²) in [4.78, 5) is 69.7. The van der Waals surface area contributed by atoms with Crippen LogP contribution in [-0.4, -0.2) is 50.9 Å². The maximum atomic E-state index is 13.6. The number of nitrogens with zero attached hydrogens (tertiary/aromatic N) is 3. The molecule has 1 saturated carbocycles. The summed E-state index contributed by atoms with van der Waals surface area (Å²) in [5.74, 6) is -0.717. The topological polar surface area (TPSA) is 151 Å². The smallest absolute Gasteiger partial charge is 0.330 e. The van der Waals surface area contributed by atoms with E-state index in [1.165, 1.54) is 9.47 Å². The summed E-state index contributed by atoms with van der Waals surface area (Å²) in [5, 5.41) is 2.88. The second-order valence-corrected chi connectivity index (χ2v) is 11.9. The first-order valence-electron chi connectivity index (χ1n) is 13.8. The summed E-state index contributed by atoms with van der Waals surface area (Å²) < 4.78 is 1.25. The third-order valence-electron chi connectivity index (χ3n) is 8.46. The molecule has 38 heavy (non-hydrogen) atoms. The predicted molar refractivity (Wildman–Crippen MR) is 147 cm³/mol. The standard InChI is InChI=1S/C27H44N6O5/c1-7-9-14-31-21(28)20(22(35)29-24(31)37)32(15-17(3)4)19(34)16-33-23(36)27(30-25(33)38)12-10-18(11-13-27)26(5,6)8-2/h17-18H,7-16,28H2,1-6H3,(H,30,38)(H,29,35,37). The van der Waals surface area contributed by atoms with Crippen LogP contribution in [0, 0.1) is 17.3 Å². The number of rotatable bonds is 10. The molecule has 11 heteroatoms. The monoisotopic (exact) mass is 532 g/mol. The summed E-state index contributed by atoms with van der Waals surface area (Å²) in [5.41, 5.74) is 3.87. The number of nitrogens with two attached hydrogens (primary N) is 1. The van der Waals surface area contributed by atoms with Crippen LogP contribution in [0.25, 0.3) is 0 Å². The van der Waals surface area contributed by atoms with Gasteiger partial charge >= 0.3 is 11.7 Å². The van der Waals surface area contributed by atoms with E-state index in [4.69, 9.17) is 5.73 Å². The molecule has 2 aliphatic rings. The molecule has 0 unspecified atom stereocenters. The summed E-state index contributed by atoms with van der Waals surface area (Å²) in [6.45, 7) is 12.2. The minimum Gasteiger partial charge on any atom is -0.383 e. The molecule has 1 saturated heterocycles. The van der Waals surface area contributed by atoms with Crippen LogP contribution in [0.3, 0.4) is 0 Å². The molecule has 0 atom stereocenters. The van der Waals surface area contributed by atoms with Gasteiger partial charge in [0.2, 0.25) is 5.91 Å². The molecule has 2 heterocycles. The van der Waals surface area contributed by atoms with E-state index in [1.54, 1.807) is 0 Å². The lowest BCUT2D eigenvalue weighted by atomic mass is 9.65. The molecular formula is C27H44N6O5. The number of hydrogen-bond donors (Lipinski definition) is 3. The Balaban J connectivity index is 1.86. The van der Waals surface area contributed by atoms with Crippen molar-refractivity contribution < 1.29 is 14.4 Å². The third kappa shape index (κ3) is 5.66. The number of urea groups is 1. The minimum atomic E-state index is -0.996. The number of hydrogen-bond acceptors (Lipinski definition) is 6. The van der Waals surface area contributed by atoms with Crippen molar-refractivity contribution in [3.63, 3.8) is 0 Å². The molecule has 1 aromatic heterocycles. The zero-order valence-corrected chi connectivity index (χ0v) is 23.7. The van der Waals surface area contributed by atoms with Gasteiger partial charge in [0.25, 0.3) is 11.5 Å². The number of amides is 4. The van der Waals surface area contributed by atoms with Crippen LogP contribution in [-0.2, 0) is 16.1 Å². The highest BCUT2D eigenvalue weighted by molar-refractivity contribution is 6.10. The highest BCUT2D eigenvalue weighted by Crippen LogP contribution is 2.45. The van der Waals surface area contributed by atoms with Gasteiger partial charge in [0.1, 0.15) is 17.9 Å². The van der Waals surface area contributed by atoms with Crippen molar-refractivity contribution in [3.05, 3.63) is 20.8 Å². The lowest BCUT2D eigenvalue weighted by Crippen LogP contribution is -2.51. The molecule has 4 N–H and O–H groups in total. The summed E-state index contributed by atoms with van der Waals surface area (Å²) in [6, 6.07) is -0.601. The minimum absolute atomic E-state index is 0.0552. The zero-order valence-electron chi connectivity index (χ0n) is 23.7. The maximum absolute atomic E-state index is 13.6. The van der Waals surface area contributed by atoms with Gasteiger partial charge in [0, 0.05) is 13.1 Å². The number of carbonyl (C=O) groups excluding carboxylic acids is 3. The molecule has 1 aliphatic carbocycles. The second-order valence-electron chi connectivity index (χ2n) is 11.9. The van der Waals surface area contributed by atoms with Crippen LogP contribution < -0.4 is 27.2 Å². The molecule has 2 fully saturated rings. The van der Waals surface area contributed by atoms with Crippen molar-refractivity contribution >= 4 is 29.4 Å². The van der Waals surface area contributed by atoms with Gasteiger partial charge in [0.05, 0.1) is 0 Å². The van der Waals surface area contributed by atoms with Gasteiger partial charge in [-0.05, 0) is 49.4 Å². The van der Waals surface area contributed by atoms with Crippen LogP contribution in [0.5, 0.6) is 0 Å². The number of carbonyl (C=O) groups is 3. The number of imide groups is 1. The number of nitrogen functional groups attached to an aromatic ring is 1. The fourth-order valence-electron chi connectivity index (χ4n) is 5.62. The normalized spacial score (nSPS) is 21.9. The summed E-state index contributed by atoms with van der Waals surface area (Å²) in [6.07, 6.45) is 5.19. The Hall–Kier alpha value is -3.11. The number of anilines is 2. The van der Waals surface area contributed by atoms with Crippen molar-refractivity contribution in [3.8, 4) is 0 Å². The third-order valence-corrected chi connectivity index (χ3v) is 8.46. The fourth-order valence-corrected chi connectivity index (χ4v) is 5.62. The molecular weight excluding hydrogens is 488 g/mol. The number of aromatic amines is 1. The van der Waals surface area contributed by atoms with Gasteiger partial charge in [-0.3, -0.25) is 28.8 Å². The Morgan fingerprint density at radius 3 is 2.34 bits per heavy atom. The van der Waals surface area contributed by atoms with Crippen molar-refractivity contribution in [2.75, 3.05) is 23.7 Å². The van der Waals surface area contributed by atoms with Crippen LogP contribution >= 0.6 is 0 Å². The summed E-state index contributed by atoms with van der Waals surface area (Å²) >= 11 is 0. The van der Waals surface area contributed by atoms with Crippen molar-refractivity contribution in [1.82, 2.24) is 19.8 Å². The number of aromatic nitrogens is 2. The Morgan fingerprint density at radius 2 is 1.79 bits per heavy atom. The van der Waals surface area contributed by atoms with Crippen molar-refractivity contribution in [1.29, 1.82) is 0 Å². The molecule has 1 aromatic rings. The highest BCUT2D eigenvalue weighted by atomic mass is 16.2. The van der Waals surface area contributed by atoms with Gasteiger partial charge in [0.15, 0.2) is 5.69 Å². The van der Waals surface area contributed by atoms with E-state index in [1.807, 2.05) is 20.8 Å². The van der Waals surface area contributed by atoms with Gasteiger partial charge < -0.3 is 16.0 Å². The van der Waals surface area contributed by atoms with E-state index in [9.17, 15) is 24.0 Å². The van der Waals surface area contributed by atoms with Crippen molar-refractivity contribution in [2.24, 2.45) is 17.3 Å². The first-order valence-corrected chi connectivity index (χ1v) is 13.8. The molecule has 0 radical (unpaired) electrons.